The van der Waals surface area contributed by atoms with Gasteiger partial charge in [-0.2, -0.15) is 0 Å². The van der Waals surface area contributed by atoms with E-state index in [4.69, 9.17) is 10.5 Å². The van der Waals surface area contributed by atoms with Gasteiger partial charge in [-0.15, -0.1) is 0 Å². The van der Waals surface area contributed by atoms with Crippen LogP contribution in [0.5, 0.6) is 0 Å². The fourth-order valence-electron chi connectivity index (χ4n) is 3.70. The zero-order chi connectivity index (χ0) is 17.4. The Balaban J connectivity index is 1.86. The van der Waals surface area contributed by atoms with Crippen molar-refractivity contribution in [2.45, 2.75) is 65.2 Å². The van der Waals surface area contributed by atoms with Gasteiger partial charge in [0.25, 0.3) is 0 Å². The highest BCUT2D eigenvalue weighted by molar-refractivity contribution is 5.36. The Bertz CT molecular complexity index is 531. The molecule has 1 aliphatic carbocycles. The van der Waals surface area contributed by atoms with Gasteiger partial charge in [0, 0.05) is 6.61 Å². The molecule has 1 aromatic rings. The third-order valence-electron chi connectivity index (χ3n) is 5.12. The lowest BCUT2D eigenvalue weighted by atomic mass is 9.82. The van der Waals surface area contributed by atoms with Crippen LogP contribution in [-0.4, -0.2) is 19.8 Å². The van der Waals surface area contributed by atoms with Gasteiger partial charge in [-0.05, 0) is 81.0 Å². The Kier molecular flexibility index (Phi) is 8.01. The van der Waals surface area contributed by atoms with E-state index < -0.39 is 0 Å². The van der Waals surface area contributed by atoms with Crippen LogP contribution in [0.25, 0.3) is 0 Å². The summed E-state index contributed by atoms with van der Waals surface area (Å²) in [5.74, 6) is 1.20. The first-order chi connectivity index (χ1) is 11.6. The summed E-state index contributed by atoms with van der Waals surface area (Å²) in [5.41, 5.74) is 11.8. The van der Waals surface area contributed by atoms with E-state index in [1.165, 1.54) is 48.8 Å². The molecule has 0 fully saturated rings. The van der Waals surface area contributed by atoms with Crippen LogP contribution in [0.1, 0.15) is 69.1 Å². The first kappa shape index (κ1) is 19.2. The SMILES string of the molecule is CCCC(CN)c1ccc2c(c1)CCC(COCCC=C(C)C)C2. The molecule has 24 heavy (non-hydrogen) atoms. The Labute approximate surface area is 148 Å². The molecule has 0 saturated carbocycles. The quantitative estimate of drug-likeness (QED) is 0.511. The van der Waals surface area contributed by atoms with E-state index in [9.17, 15) is 0 Å². The van der Waals surface area contributed by atoms with Gasteiger partial charge in [0.1, 0.15) is 0 Å². The fourth-order valence-corrected chi connectivity index (χ4v) is 3.70. The molecular formula is C22H35NO. The Morgan fingerprint density at radius 2 is 2.17 bits per heavy atom. The van der Waals surface area contributed by atoms with Crippen LogP contribution in [-0.2, 0) is 17.6 Å². The van der Waals surface area contributed by atoms with E-state index in [2.05, 4.69) is 45.0 Å². The normalized spacial score (nSPS) is 18.1. The molecule has 2 heteroatoms. The van der Waals surface area contributed by atoms with Crippen LogP contribution in [0.3, 0.4) is 0 Å². The number of ether oxygens (including phenoxy) is 1. The third kappa shape index (κ3) is 5.75. The molecule has 0 bridgehead atoms. The zero-order valence-electron chi connectivity index (χ0n) is 15.8. The van der Waals surface area contributed by atoms with Crippen LogP contribution in [0.4, 0.5) is 0 Å². The van der Waals surface area contributed by atoms with Crippen LogP contribution in [0.15, 0.2) is 29.8 Å². The van der Waals surface area contributed by atoms with Crippen molar-refractivity contribution in [1.82, 2.24) is 0 Å². The second kappa shape index (κ2) is 10.0. The van der Waals surface area contributed by atoms with Gasteiger partial charge in [-0.1, -0.05) is 43.2 Å². The van der Waals surface area contributed by atoms with Crippen LogP contribution < -0.4 is 5.73 Å². The van der Waals surface area contributed by atoms with Gasteiger partial charge in [0.15, 0.2) is 0 Å². The number of rotatable bonds is 9. The maximum absolute atomic E-state index is 5.97. The van der Waals surface area contributed by atoms with Crippen molar-refractivity contribution in [1.29, 1.82) is 0 Å². The van der Waals surface area contributed by atoms with Crippen molar-refractivity contribution in [2.75, 3.05) is 19.8 Å². The minimum absolute atomic E-state index is 0.524. The molecule has 2 N–H and O–H groups in total. The van der Waals surface area contributed by atoms with Crippen LogP contribution >= 0.6 is 0 Å². The average Bonchev–Trinajstić information content (AvgIpc) is 2.58. The smallest absolute Gasteiger partial charge is 0.0500 e. The molecule has 2 nitrogen and oxygen atoms in total. The number of fused-ring (bicyclic) bond motifs is 1. The zero-order valence-corrected chi connectivity index (χ0v) is 15.8. The van der Waals surface area contributed by atoms with Gasteiger partial charge in [-0.25, -0.2) is 0 Å². The molecule has 134 valence electrons. The van der Waals surface area contributed by atoms with Gasteiger partial charge in [0.05, 0.1) is 6.61 Å². The molecule has 0 spiro atoms. The van der Waals surface area contributed by atoms with E-state index in [-0.39, 0.29) is 0 Å². The lowest BCUT2D eigenvalue weighted by molar-refractivity contribution is 0.0977. The van der Waals surface area contributed by atoms with Gasteiger partial charge < -0.3 is 10.5 Å². The summed E-state index contributed by atoms with van der Waals surface area (Å²) in [7, 11) is 0. The predicted octanol–water partition coefficient (Wildman–Crippen LogP) is 5.01. The molecule has 1 aromatic carbocycles. The van der Waals surface area contributed by atoms with Crippen molar-refractivity contribution in [2.24, 2.45) is 11.7 Å². The van der Waals surface area contributed by atoms with Crippen molar-refractivity contribution in [3.05, 3.63) is 46.5 Å². The van der Waals surface area contributed by atoms with E-state index in [1.54, 1.807) is 5.56 Å². The minimum atomic E-state index is 0.524. The van der Waals surface area contributed by atoms with Crippen LogP contribution in [0, 0.1) is 5.92 Å². The van der Waals surface area contributed by atoms with Crippen LogP contribution in [0.2, 0.25) is 0 Å². The molecule has 0 radical (unpaired) electrons. The summed E-state index contributed by atoms with van der Waals surface area (Å²) in [6, 6.07) is 7.08. The molecule has 0 heterocycles. The second-order valence-corrected chi connectivity index (χ2v) is 7.50. The third-order valence-corrected chi connectivity index (χ3v) is 5.12. The number of hydrogen-bond donors (Lipinski definition) is 1. The molecule has 2 rings (SSSR count). The monoisotopic (exact) mass is 329 g/mol. The number of allylic oxidation sites excluding steroid dienone is 1. The van der Waals surface area contributed by atoms with E-state index in [1.807, 2.05) is 0 Å². The van der Waals surface area contributed by atoms with Crippen molar-refractivity contribution in [3.8, 4) is 0 Å². The summed E-state index contributed by atoms with van der Waals surface area (Å²) in [4.78, 5) is 0. The van der Waals surface area contributed by atoms with Crippen molar-refractivity contribution < 1.29 is 4.74 Å². The standard InChI is InChI=1S/C22H35NO/c1-4-6-22(15-23)21-11-10-19-13-18(8-9-20(19)14-21)16-24-12-5-7-17(2)3/h7,10-11,14,18,22H,4-6,8-9,12-13,15-16,23H2,1-3H3. The van der Waals surface area contributed by atoms with Gasteiger partial charge in [-0.3, -0.25) is 0 Å². The summed E-state index contributed by atoms with van der Waals surface area (Å²) < 4.78 is 5.89. The fraction of sp³-hybridized carbons (Fsp3) is 0.636. The summed E-state index contributed by atoms with van der Waals surface area (Å²) in [6.45, 7) is 9.03. The summed E-state index contributed by atoms with van der Waals surface area (Å²) >= 11 is 0. The Morgan fingerprint density at radius 3 is 2.88 bits per heavy atom. The number of nitrogens with two attached hydrogens (primary N) is 1. The van der Waals surface area contributed by atoms with E-state index in [0.29, 0.717) is 11.8 Å². The molecule has 0 aromatic heterocycles. The Morgan fingerprint density at radius 1 is 1.33 bits per heavy atom. The minimum Gasteiger partial charge on any atom is -0.381 e. The molecule has 2 atom stereocenters. The molecule has 2 unspecified atom stereocenters. The number of hydrogen-bond acceptors (Lipinski definition) is 2. The molecule has 0 amide bonds. The first-order valence-corrected chi connectivity index (χ1v) is 9.66. The highest BCUT2D eigenvalue weighted by Crippen LogP contribution is 2.30. The lowest BCUT2D eigenvalue weighted by Crippen LogP contribution is -2.20. The number of benzene rings is 1. The number of aryl methyl sites for hydroxylation is 1. The van der Waals surface area contributed by atoms with Gasteiger partial charge in [0.2, 0.25) is 0 Å². The summed E-state index contributed by atoms with van der Waals surface area (Å²) in [5, 5.41) is 0. The maximum Gasteiger partial charge on any atom is 0.0500 e. The second-order valence-electron chi connectivity index (χ2n) is 7.50. The molecule has 0 saturated heterocycles. The molecule has 0 aliphatic heterocycles. The highest BCUT2D eigenvalue weighted by Gasteiger charge is 2.20. The van der Waals surface area contributed by atoms with Crippen molar-refractivity contribution >= 4 is 0 Å². The highest BCUT2D eigenvalue weighted by atomic mass is 16.5. The topological polar surface area (TPSA) is 35.2 Å². The average molecular weight is 330 g/mol. The molecule has 1 aliphatic rings. The van der Waals surface area contributed by atoms with Gasteiger partial charge >= 0.3 is 0 Å². The lowest BCUT2D eigenvalue weighted by Gasteiger charge is -2.26. The Hall–Kier alpha value is -1.12. The van der Waals surface area contributed by atoms with E-state index >= 15 is 0 Å². The van der Waals surface area contributed by atoms with E-state index in [0.717, 1.165) is 26.2 Å². The summed E-state index contributed by atoms with van der Waals surface area (Å²) in [6.07, 6.45) is 9.28. The largest absolute Gasteiger partial charge is 0.381 e. The first-order valence-electron chi connectivity index (χ1n) is 9.66. The van der Waals surface area contributed by atoms with Crippen molar-refractivity contribution in [3.63, 3.8) is 0 Å². The molecular weight excluding hydrogens is 294 g/mol. The predicted molar refractivity (Wildman–Crippen MR) is 104 cm³/mol. The maximum atomic E-state index is 5.97.